The summed E-state index contributed by atoms with van der Waals surface area (Å²) in [4.78, 5) is 24.3. The molecule has 0 saturated heterocycles. The Morgan fingerprint density at radius 1 is 1.15 bits per heavy atom. The molecule has 3 rings (SSSR count). The summed E-state index contributed by atoms with van der Waals surface area (Å²) in [7, 11) is 5.23. The maximum absolute atomic E-state index is 12.4. The zero-order valence-corrected chi connectivity index (χ0v) is 30.3. The number of benzene rings is 1. The van der Waals surface area contributed by atoms with E-state index in [1.54, 1.807) is 31.3 Å². The molecule has 2 heterocycles. The minimum Gasteiger partial charge on any atom is -0.501 e. The van der Waals surface area contributed by atoms with Gasteiger partial charge in [0.15, 0.2) is 0 Å². The van der Waals surface area contributed by atoms with Crippen LogP contribution in [0.1, 0.15) is 54.4 Å². The van der Waals surface area contributed by atoms with Crippen LogP contribution in [0.4, 0.5) is 10.5 Å². The van der Waals surface area contributed by atoms with Crippen molar-refractivity contribution in [2.45, 2.75) is 77.7 Å². The normalized spacial score (nSPS) is 13.8. The molecule has 13 heteroatoms. The average molecular weight is 673 g/mol. The second-order valence-electron chi connectivity index (χ2n) is 13.0. The fraction of sp³-hybridized carbons (Fsp3) is 0.588. The average Bonchev–Trinajstić information content (AvgIpc) is 3.44. The number of methoxy groups -OCH3 is 2. The largest absolute Gasteiger partial charge is 0.501 e. The third-order valence-electron chi connectivity index (χ3n) is 7.19. The monoisotopic (exact) mass is 672 g/mol. The minimum atomic E-state index is -0.652. The molecule has 1 aromatic carbocycles. The third-order valence-corrected chi connectivity index (χ3v) is 7.65. The molecule has 0 aliphatic heterocycles. The molecular weight excluding hydrogens is 620 g/mol. The molecule has 0 aliphatic rings. The van der Waals surface area contributed by atoms with E-state index >= 15 is 0 Å². The lowest BCUT2D eigenvalue weighted by Gasteiger charge is -2.36. The van der Waals surface area contributed by atoms with E-state index in [9.17, 15) is 4.79 Å². The Kier molecular flexibility index (Phi) is 14.3. The number of nitrogens with one attached hydrogen (secondary N) is 1. The van der Waals surface area contributed by atoms with E-state index in [1.165, 1.54) is 12.0 Å². The number of hydrogen-bond donors (Lipinski definition) is 1. The second-order valence-corrected chi connectivity index (χ2v) is 13.5. The minimum absolute atomic E-state index is 0.0585. The fourth-order valence-corrected chi connectivity index (χ4v) is 5.39. The molecule has 2 unspecified atom stereocenters. The number of fused-ring (bicyclic) bond motifs is 1. The van der Waals surface area contributed by atoms with Crippen LogP contribution in [0.3, 0.4) is 0 Å². The van der Waals surface area contributed by atoms with Crippen molar-refractivity contribution in [1.29, 1.82) is 0 Å². The van der Waals surface area contributed by atoms with Crippen LogP contribution in [0.2, 0.25) is 0 Å². The van der Waals surface area contributed by atoms with E-state index in [-0.39, 0.29) is 18.8 Å². The first-order chi connectivity index (χ1) is 22.3. The molecule has 0 bridgehead atoms. The molecule has 2 atom stereocenters. The molecule has 0 aliphatic carbocycles. The lowest BCUT2D eigenvalue weighted by Crippen LogP contribution is -2.49. The quantitative estimate of drug-likeness (QED) is 0.123. The molecule has 260 valence electrons. The van der Waals surface area contributed by atoms with Gasteiger partial charge in [0.1, 0.15) is 11.7 Å². The smallest absolute Gasteiger partial charge is 0.408 e. The summed E-state index contributed by atoms with van der Waals surface area (Å²) < 4.78 is 30.5. The van der Waals surface area contributed by atoms with Gasteiger partial charge in [0.25, 0.3) is 0 Å². The van der Waals surface area contributed by atoms with Crippen molar-refractivity contribution in [3.05, 3.63) is 48.6 Å². The number of aryl methyl sites for hydroxylation is 1. The van der Waals surface area contributed by atoms with Gasteiger partial charge in [0, 0.05) is 56.9 Å². The van der Waals surface area contributed by atoms with E-state index in [4.69, 9.17) is 28.1 Å². The van der Waals surface area contributed by atoms with Crippen LogP contribution >= 0.6 is 12.0 Å². The summed E-state index contributed by atoms with van der Waals surface area (Å²) in [5.74, 6) is 0.844. The van der Waals surface area contributed by atoms with Gasteiger partial charge in [0.05, 0.1) is 67.3 Å². The number of carbonyl (C=O) groups is 1. The van der Waals surface area contributed by atoms with Gasteiger partial charge in [-0.15, -0.1) is 0 Å². The van der Waals surface area contributed by atoms with Crippen LogP contribution in [0, 0.1) is 0 Å². The number of amides is 1. The zero-order chi connectivity index (χ0) is 34.6. The van der Waals surface area contributed by atoms with Crippen molar-refractivity contribution in [2.24, 2.45) is 7.05 Å². The first-order valence-electron chi connectivity index (χ1n) is 15.8. The number of anilines is 1. The Bertz CT molecular complexity index is 1460. The summed E-state index contributed by atoms with van der Waals surface area (Å²) >= 11 is 1.30. The van der Waals surface area contributed by atoms with Crippen LogP contribution in [0.15, 0.2) is 48.6 Å². The van der Waals surface area contributed by atoms with E-state index in [0.717, 1.165) is 40.2 Å². The third kappa shape index (κ3) is 12.3. The van der Waals surface area contributed by atoms with Gasteiger partial charge < -0.3 is 33.3 Å². The van der Waals surface area contributed by atoms with Crippen LogP contribution < -0.4 is 10.2 Å². The first-order valence-corrected chi connectivity index (χ1v) is 16.9. The number of rotatable bonds is 18. The van der Waals surface area contributed by atoms with Crippen LogP contribution in [0.5, 0.6) is 0 Å². The van der Waals surface area contributed by atoms with E-state index in [1.807, 2.05) is 66.3 Å². The highest BCUT2D eigenvalue weighted by Gasteiger charge is 2.28. The number of nitrogens with zero attached hydrogens (tertiary/aromatic N) is 5. The maximum atomic E-state index is 12.4. The summed E-state index contributed by atoms with van der Waals surface area (Å²) in [5, 5.41) is 7.19. The molecule has 1 N–H and O–H groups in total. The predicted molar refractivity (Wildman–Crippen MR) is 187 cm³/mol. The van der Waals surface area contributed by atoms with Crippen molar-refractivity contribution in [3.63, 3.8) is 0 Å². The van der Waals surface area contributed by atoms with Gasteiger partial charge in [-0.1, -0.05) is 6.92 Å². The molecule has 0 saturated carbocycles. The molecule has 47 heavy (non-hydrogen) atoms. The fourth-order valence-electron chi connectivity index (χ4n) is 5.00. The van der Waals surface area contributed by atoms with Crippen molar-refractivity contribution in [2.75, 3.05) is 51.7 Å². The van der Waals surface area contributed by atoms with E-state index < -0.39 is 17.2 Å². The number of ether oxygens (including phenoxy) is 4. The number of hydrogen-bond acceptors (Lipinski definition) is 11. The zero-order valence-electron chi connectivity index (χ0n) is 29.5. The number of alkyl carbamates (subject to hydrolysis) is 1. The van der Waals surface area contributed by atoms with E-state index in [0.29, 0.717) is 26.2 Å². The van der Waals surface area contributed by atoms with E-state index in [2.05, 4.69) is 39.4 Å². The highest BCUT2D eigenvalue weighted by Crippen LogP contribution is 2.28. The Hall–Kier alpha value is -3.39. The molecular formula is C34H52N6O6S. The van der Waals surface area contributed by atoms with Gasteiger partial charge >= 0.3 is 6.09 Å². The van der Waals surface area contributed by atoms with Gasteiger partial charge in [-0.3, -0.25) is 9.67 Å². The van der Waals surface area contributed by atoms with Crippen molar-refractivity contribution < 1.29 is 27.9 Å². The molecule has 2 aromatic heterocycles. The standard InChI is InChI=1S/C34H52N6O6S/c1-11-25(16-27(43-9)14-15-42-8)40(21-28(46-47-10)22-44-23-34(5,6)38-32(41)45-33(2,3)4)26-12-13-29-30(17-26)37-31(19-35-29)24-18-36-39(7)20-24/h12-14,17-20,25,28H,11,15-16,21-23H2,1-10H3,(H,38,41). The van der Waals surface area contributed by atoms with Crippen LogP contribution in [-0.2, 0) is 30.2 Å². The van der Waals surface area contributed by atoms with Crippen molar-refractivity contribution in [3.8, 4) is 11.3 Å². The summed E-state index contributed by atoms with van der Waals surface area (Å²) in [6.45, 7) is 13.0. The predicted octanol–water partition coefficient (Wildman–Crippen LogP) is 6.17. The Morgan fingerprint density at radius 3 is 2.53 bits per heavy atom. The lowest BCUT2D eigenvalue weighted by molar-refractivity contribution is 0.0191. The second kappa shape index (κ2) is 17.7. The van der Waals surface area contributed by atoms with Gasteiger partial charge in [0.2, 0.25) is 0 Å². The summed E-state index contributed by atoms with van der Waals surface area (Å²) in [6, 6.07) is 6.19. The molecule has 1 amide bonds. The Morgan fingerprint density at radius 2 is 1.91 bits per heavy atom. The number of aromatic nitrogens is 4. The summed E-state index contributed by atoms with van der Waals surface area (Å²) in [5.41, 5.74) is 2.97. The van der Waals surface area contributed by atoms with Crippen molar-refractivity contribution >= 4 is 34.9 Å². The van der Waals surface area contributed by atoms with Gasteiger partial charge in [-0.05, 0) is 77.4 Å². The van der Waals surface area contributed by atoms with Crippen LogP contribution in [0.25, 0.3) is 22.3 Å². The highest BCUT2D eigenvalue weighted by molar-refractivity contribution is 7.93. The van der Waals surface area contributed by atoms with Crippen LogP contribution in [-0.4, -0.2) is 96.0 Å². The van der Waals surface area contributed by atoms with Gasteiger partial charge in [-0.25, -0.2) is 9.78 Å². The lowest BCUT2D eigenvalue weighted by atomic mass is 10.0. The highest BCUT2D eigenvalue weighted by atomic mass is 32.2. The topological polar surface area (TPSA) is 122 Å². The molecule has 12 nitrogen and oxygen atoms in total. The Balaban J connectivity index is 1.89. The summed E-state index contributed by atoms with van der Waals surface area (Å²) in [6.07, 6.45) is 10.1. The first kappa shape index (κ1) is 38.1. The molecule has 3 aromatic rings. The molecule has 0 spiro atoms. The molecule has 0 radical (unpaired) electrons. The SMILES string of the molecule is CCC(CC(=CCOC)OC)N(CC(COCC(C)(C)NC(=O)OC(C)(C)C)OSC)c1ccc2ncc(-c3cnn(C)c3)nc2c1. The maximum Gasteiger partial charge on any atom is 0.408 e. The van der Waals surface area contributed by atoms with Gasteiger partial charge in [-0.2, -0.15) is 5.10 Å². The molecule has 0 fully saturated rings. The number of carbonyl (C=O) groups excluding carboxylic acids is 1. The van der Waals surface area contributed by atoms with Crippen molar-refractivity contribution in [1.82, 2.24) is 25.1 Å². The Labute approximate surface area is 283 Å².